The second-order valence-electron chi connectivity index (χ2n) is 4.49. The van der Waals surface area contributed by atoms with Crippen molar-refractivity contribution in [2.24, 2.45) is 0 Å². The minimum atomic E-state index is 0.416. The van der Waals surface area contributed by atoms with Crippen LogP contribution in [-0.2, 0) is 0 Å². The van der Waals surface area contributed by atoms with E-state index in [0.29, 0.717) is 12.1 Å². The Morgan fingerprint density at radius 2 is 2.07 bits per heavy atom. The lowest BCUT2D eigenvalue weighted by Gasteiger charge is -2.20. The summed E-state index contributed by atoms with van der Waals surface area (Å²) in [6, 6.07) is 1.13. The zero-order valence-electron chi connectivity index (χ0n) is 9.41. The summed E-state index contributed by atoms with van der Waals surface area (Å²) < 4.78 is 0. The van der Waals surface area contributed by atoms with Crippen LogP contribution in [0.15, 0.2) is 10.9 Å². The highest BCUT2D eigenvalue weighted by Crippen LogP contribution is 2.20. The second-order valence-corrected chi connectivity index (χ2v) is 5.21. The van der Waals surface area contributed by atoms with Crippen LogP contribution in [0.3, 0.4) is 0 Å². The molecule has 1 saturated carbocycles. The zero-order chi connectivity index (χ0) is 10.5. The topological polar surface area (TPSA) is 24.9 Å². The molecule has 1 aromatic heterocycles. The number of rotatable bonds is 3. The van der Waals surface area contributed by atoms with E-state index in [4.69, 9.17) is 0 Å². The van der Waals surface area contributed by atoms with Gasteiger partial charge in [-0.05, 0) is 19.8 Å². The molecule has 1 fully saturated rings. The molecule has 84 valence electrons. The average Bonchev–Trinajstić information content (AvgIpc) is 2.65. The maximum Gasteiger partial charge on any atom is 0.0795 e. The van der Waals surface area contributed by atoms with Crippen molar-refractivity contribution in [3.63, 3.8) is 0 Å². The van der Waals surface area contributed by atoms with Crippen molar-refractivity contribution in [1.82, 2.24) is 10.3 Å². The normalized spacial score (nSPS) is 21.1. The number of nitrogens with zero attached hydrogens (tertiary/aromatic N) is 1. The Morgan fingerprint density at radius 1 is 1.33 bits per heavy atom. The molecule has 0 aromatic carbocycles. The van der Waals surface area contributed by atoms with Crippen LogP contribution in [0.25, 0.3) is 0 Å². The Labute approximate surface area is 96.1 Å². The lowest BCUT2D eigenvalue weighted by atomic mass is 10.1. The molecule has 2 nitrogen and oxygen atoms in total. The van der Waals surface area contributed by atoms with Crippen molar-refractivity contribution in [2.75, 3.05) is 0 Å². The minimum absolute atomic E-state index is 0.416. The number of hydrogen-bond donors (Lipinski definition) is 1. The fourth-order valence-corrected chi connectivity index (χ4v) is 2.97. The quantitative estimate of drug-likeness (QED) is 0.795. The van der Waals surface area contributed by atoms with E-state index in [2.05, 4.69) is 22.6 Å². The van der Waals surface area contributed by atoms with Gasteiger partial charge in [0.05, 0.1) is 11.2 Å². The van der Waals surface area contributed by atoms with Gasteiger partial charge in [-0.15, -0.1) is 11.3 Å². The van der Waals surface area contributed by atoms with Crippen LogP contribution in [0.4, 0.5) is 0 Å². The van der Waals surface area contributed by atoms with Crippen molar-refractivity contribution in [3.05, 3.63) is 16.6 Å². The highest BCUT2D eigenvalue weighted by molar-refractivity contribution is 7.07. The van der Waals surface area contributed by atoms with Crippen LogP contribution < -0.4 is 5.32 Å². The maximum atomic E-state index is 4.36. The number of aromatic nitrogens is 1. The van der Waals surface area contributed by atoms with Gasteiger partial charge in [0, 0.05) is 17.5 Å². The molecule has 0 bridgehead atoms. The zero-order valence-corrected chi connectivity index (χ0v) is 10.2. The van der Waals surface area contributed by atoms with E-state index in [-0.39, 0.29) is 0 Å². The molecule has 0 saturated heterocycles. The van der Waals surface area contributed by atoms with Gasteiger partial charge in [0.15, 0.2) is 0 Å². The smallest absolute Gasteiger partial charge is 0.0795 e. The fraction of sp³-hybridized carbons (Fsp3) is 0.750. The first kappa shape index (κ1) is 11.1. The van der Waals surface area contributed by atoms with E-state index in [1.165, 1.54) is 44.2 Å². The molecule has 1 unspecified atom stereocenters. The molecule has 1 aliphatic carbocycles. The van der Waals surface area contributed by atoms with Gasteiger partial charge in [0.2, 0.25) is 0 Å². The van der Waals surface area contributed by atoms with Crippen LogP contribution in [-0.4, -0.2) is 11.0 Å². The van der Waals surface area contributed by atoms with Crippen LogP contribution >= 0.6 is 11.3 Å². The van der Waals surface area contributed by atoms with Crippen LogP contribution in [0, 0.1) is 0 Å². The summed E-state index contributed by atoms with van der Waals surface area (Å²) in [6.45, 7) is 2.22. The van der Waals surface area contributed by atoms with Gasteiger partial charge < -0.3 is 5.32 Å². The molecule has 1 N–H and O–H groups in total. The Hall–Kier alpha value is -0.410. The predicted molar refractivity (Wildman–Crippen MR) is 65.2 cm³/mol. The van der Waals surface area contributed by atoms with Gasteiger partial charge >= 0.3 is 0 Å². The van der Waals surface area contributed by atoms with Gasteiger partial charge in [-0.2, -0.15) is 0 Å². The third kappa shape index (κ3) is 3.28. The van der Waals surface area contributed by atoms with Gasteiger partial charge in [-0.25, -0.2) is 4.98 Å². The van der Waals surface area contributed by atoms with E-state index in [9.17, 15) is 0 Å². The Kier molecular flexibility index (Phi) is 4.15. The number of thiazole rings is 1. The van der Waals surface area contributed by atoms with Crippen molar-refractivity contribution < 1.29 is 0 Å². The molecule has 15 heavy (non-hydrogen) atoms. The summed E-state index contributed by atoms with van der Waals surface area (Å²) in [5.41, 5.74) is 3.12. The largest absolute Gasteiger partial charge is 0.306 e. The third-order valence-corrected chi connectivity index (χ3v) is 3.84. The first-order valence-corrected chi connectivity index (χ1v) is 6.94. The molecule has 1 atom stereocenters. The van der Waals surface area contributed by atoms with Crippen LogP contribution in [0.1, 0.15) is 57.2 Å². The monoisotopic (exact) mass is 224 g/mol. The molecule has 0 spiro atoms. The summed E-state index contributed by atoms with van der Waals surface area (Å²) in [7, 11) is 0. The number of nitrogens with one attached hydrogen (secondary N) is 1. The molecule has 1 aromatic rings. The molecule has 1 heterocycles. The molecular formula is C12H20N2S. The summed E-state index contributed by atoms with van der Waals surface area (Å²) in [5.74, 6) is 0. The minimum Gasteiger partial charge on any atom is -0.306 e. The Balaban J connectivity index is 1.84. The van der Waals surface area contributed by atoms with Gasteiger partial charge in [0.25, 0.3) is 0 Å². The lowest BCUT2D eigenvalue weighted by molar-refractivity contribution is 0.410. The van der Waals surface area contributed by atoms with Crippen molar-refractivity contribution in [2.45, 2.75) is 57.5 Å². The standard InChI is InChI=1S/C12H20N2S/c1-10(12-8-15-9-13-12)14-11-6-4-2-3-5-7-11/h8-11,14H,2-7H2,1H3. The first-order valence-electron chi connectivity index (χ1n) is 6.00. The van der Waals surface area contributed by atoms with Crippen molar-refractivity contribution in [3.8, 4) is 0 Å². The average molecular weight is 224 g/mol. The second kappa shape index (κ2) is 5.61. The Bertz CT molecular complexity index is 263. The summed E-state index contributed by atoms with van der Waals surface area (Å²) in [4.78, 5) is 4.36. The lowest BCUT2D eigenvalue weighted by Crippen LogP contribution is -2.31. The molecule has 0 radical (unpaired) electrons. The summed E-state index contributed by atoms with van der Waals surface area (Å²) in [5, 5.41) is 5.85. The van der Waals surface area contributed by atoms with E-state index >= 15 is 0 Å². The SMILES string of the molecule is CC(NC1CCCCCC1)c1cscn1. The molecule has 1 aliphatic rings. The maximum absolute atomic E-state index is 4.36. The van der Waals surface area contributed by atoms with E-state index in [1.807, 2.05) is 5.51 Å². The van der Waals surface area contributed by atoms with Gasteiger partial charge in [-0.1, -0.05) is 25.7 Å². The highest BCUT2D eigenvalue weighted by atomic mass is 32.1. The molecule has 0 amide bonds. The number of hydrogen-bond acceptors (Lipinski definition) is 3. The first-order chi connectivity index (χ1) is 7.36. The predicted octanol–water partition coefficient (Wildman–Crippen LogP) is 3.52. The van der Waals surface area contributed by atoms with Gasteiger partial charge in [0.1, 0.15) is 0 Å². The molecule has 2 rings (SSSR count). The van der Waals surface area contributed by atoms with E-state index in [0.717, 1.165) is 0 Å². The van der Waals surface area contributed by atoms with Crippen LogP contribution in [0.5, 0.6) is 0 Å². The Morgan fingerprint density at radius 3 is 2.67 bits per heavy atom. The summed E-state index contributed by atoms with van der Waals surface area (Å²) in [6.07, 6.45) is 8.30. The fourth-order valence-electron chi connectivity index (χ4n) is 2.32. The van der Waals surface area contributed by atoms with E-state index < -0.39 is 0 Å². The molecule has 3 heteroatoms. The summed E-state index contributed by atoms with van der Waals surface area (Å²) >= 11 is 1.68. The van der Waals surface area contributed by atoms with Gasteiger partial charge in [-0.3, -0.25) is 0 Å². The van der Waals surface area contributed by atoms with Crippen molar-refractivity contribution >= 4 is 11.3 Å². The molecular weight excluding hydrogens is 204 g/mol. The van der Waals surface area contributed by atoms with Crippen LogP contribution in [0.2, 0.25) is 0 Å². The third-order valence-electron chi connectivity index (χ3n) is 3.24. The van der Waals surface area contributed by atoms with Crippen molar-refractivity contribution in [1.29, 1.82) is 0 Å². The molecule has 0 aliphatic heterocycles. The highest BCUT2D eigenvalue weighted by Gasteiger charge is 2.15. The van der Waals surface area contributed by atoms with E-state index in [1.54, 1.807) is 11.3 Å².